The number of aromatic nitrogens is 2. The van der Waals surface area contributed by atoms with Crippen LogP contribution in [0.2, 0.25) is 0 Å². The number of methoxy groups -OCH3 is 1. The first-order valence-corrected chi connectivity index (χ1v) is 8.74. The van der Waals surface area contributed by atoms with Crippen LogP contribution in [0, 0.1) is 0 Å². The van der Waals surface area contributed by atoms with Crippen LogP contribution in [0.1, 0.15) is 6.92 Å². The van der Waals surface area contributed by atoms with E-state index in [4.69, 9.17) is 9.84 Å². The van der Waals surface area contributed by atoms with Gasteiger partial charge >= 0.3 is 5.97 Å². The average Bonchev–Trinajstić information content (AvgIpc) is 2.82. The van der Waals surface area contributed by atoms with Gasteiger partial charge in [0.25, 0.3) is 0 Å². The van der Waals surface area contributed by atoms with Crippen molar-refractivity contribution in [1.29, 1.82) is 0 Å². The molecule has 0 saturated heterocycles. The molecule has 0 radical (unpaired) electrons. The molecule has 1 atom stereocenters. The molecule has 1 N–H and O–H groups in total. The molecule has 0 aliphatic heterocycles. The van der Waals surface area contributed by atoms with Crippen molar-refractivity contribution in [1.82, 2.24) is 9.55 Å². The summed E-state index contributed by atoms with van der Waals surface area (Å²) in [7, 11) is 1.63. The van der Waals surface area contributed by atoms with Gasteiger partial charge in [-0.15, -0.1) is 0 Å². The lowest BCUT2D eigenvalue weighted by atomic mass is 10.3. The number of rotatable bonds is 7. The summed E-state index contributed by atoms with van der Waals surface area (Å²) in [4.78, 5) is 15.3. The van der Waals surface area contributed by atoms with E-state index in [9.17, 15) is 4.79 Å². The number of aliphatic carboxylic acids is 1. The number of thioether (sulfide) groups is 2. The molecule has 0 saturated carbocycles. The van der Waals surface area contributed by atoms with E-state index in [0.717, 1.165) is 28.5 Å². The maximum absolute atomic E-state index is 10.8. The Morgan fingerprint density at radius 3 is 2.90 bits per heavy atom. The summed E-state index contributed by atoms with van der Waals surface area (Å²) in [6.07, 6.45) is 2.06. The predicted octanol–water partition coefficient (Wildman–Crippen LogP) is 2.97. The fraction of sp³-hybridized carbons (Fsp3) is 0.429. The monoisotopic (exact) mass is 326 g/mol. The number of nitrogens with zero attached hydrogens (tertiary/aromatic N) is 2. The van der Waals surface area contributed by atoms with Crippen molar-refractivity contribution in [3.63, 3.8) is 0 Å². The molecule has 1 unspecified atom stereocenters. The molecule has 5 nitrogen and oxygen atoms in total. The average molecular weight is 326 g/mol. The highest BCUT2D eigenvalue weighted by Gasteiger charge is 2.15. The van der Waals surface area contributed by atoms with Crippen molar-refractivity contribution in [3.8, 4) is 5.75 Å². The van der Waals surface area contributed by atoms with Crippen molar-refractivity contribution in [2.45, 2.75) is 23.9 Å². The maximum atomic E-state index is 10.8. The molecule has 114 valence electrons. The Labute approximate surface area is 132 Å². The number of imidazole rings is 1. The topological polar surface area (TPSA) is 64.3 Å². The van der Waals surface area contributed by atoms with Gasteiger partial charge in [-0.1, -0.05) is 18.7 Å². The second kappa shape index (κ2) is 7.09. The van der Waals surface area contributed by atoms with Crippen LogP contribution in [-0.4, -0.2) is 45.0 Å². The molecule has 2 aromatic rings. The van der Waals surface area contributed by atoms with Gasteiger partial charge in [-0.2, -0.15) is 11.8 Å². The molecule has 0 bridgehead atoms. The summed E-state index contributed by atoms with van der Waals surface area (Å²) in [5, 5.41) is 10.0. The summed E-state index contributed by atoms with van der Waals surface area (Å²) in [6, 6.07) is 5.71. The molecule has 1 heterocycles. The van der Waals surface area contributed by atoms with Gasteiger partial charge in [0.2, 0.25) is 0 Å². The fourth-order valence-electron chi connectivity index (χ4n) is 1.95. The first-order valence-electron chi connectivity index (χ1n) is 6.46. The van der Waals surface area contributed by atoms with Crippen molar-refractivity contribution >= 4 is 40.5 Å². The number of carboxylic acid groups (broad SMARTS) is 1. The van der Waals surface area contributed by atoms with Crippen LogP contribution >= 0.6 is 23.5 Å². The number of carboxylic acids is 1. The largest absolute Gasteiger partial charge is 0.497 e. The molecule has 1 aromatic heterocycles. The molecule has 0 spiro atoms. The normalized spacial score (nSPS) is 12.5. The van der Waals surface area contributed by atoms with Gasteiger partial charge in [-0.3, -0.25) is 4.79 Å². The summed E-state index contributed by atoms with van der Waals surface area (Å²) >= 11 is 3.02. The lowest BCUT2D eigenvalue weighted by Crippen LogP contribution is -2.11. The second-order valence-corrected chi connectivity index (χ2v) is 6.81. The van der Waals surface area contributed by atoms with Crippen LogP contribution in [0.3, 0.4) is 0 Å². The lowest BCUT2D eigenvalue weighted by molar-refractivity contribution is -0.133. The van der Waals surface area contributed by atoms with E-state index < -0.39 is 5.97 Å². The maximum Gasteiger partial charge on any atom is 0.313 e. The number of fused-ring (bicyclic) bond motifs is 1. The Morgan fingerprint density at radius 1 is 1.52 bits per heavy atom. The van der Waals surface area contributed by atoms with E-state index in [1.54, 1.807) is 18.9 Å². The minimum absolute atomic E-state index is 0.00804. The Morgan fingerprint density at radius 2 is 2.29 bits per heavy atom. The molecular formula is C14H18N2O3S2. The van der Waals surface area contributed by atoms with E-state index in [1.807, 2.05) is 18.2 Å². The van der Waals surface area contributed by atoms with Crippen LogP contribution < -0.4 is 4.74 Å². The van der Waals surface area contributed by atoms with Gasteiger partial charge in [0.05, 0.1) is 23.9 Å². The van der Waals surface area contributed by atoms with Crippen molar-refractivity contribution in [2.24, 2.45) is 0 Å². The van der Waals surface area contributed by atoms with Crippen LogP contribution in [0.5, 0.6) is 5.75 Å². The van der Waals surface area contributed by atoms with Crippen LogP contribution in [0.25, 0.3) is 11.0 Å². The number of carbonyl (C=O) groups is 1. The Balaban J connectivity index is 2.44. The Bertz CT molecular complexity index is 642. The minimum atomic E-state index is -0.839. The quantitative estimate of drug-likeness (QED) is 0.789. The second-order valence-electron chi connectivity index (χ2n) is 4.59. The van der Waals surface area contributed by atoms with Crippen LogP contribution in [0.4, 0.5) is 0 Å². The number of hydrogen-bond acceptors (Lipinski definition) is 5. The highest BCUT2D eigenvalue weighted by Crippen LogP contribution is 2.28. The van der Waals surface area contributed by atoms with E-state index in [2.05, 4.69) is 22.7 Å². The van der Waals surface area contributed by atoms with Gasteiger partial charge in [0.15, 0.2) is 5.16 Å². The summed E-state index contributed by atoms with van der Waals surface area (Å²) in [5.74, 6) is -0.0574. The molecule has 0 fully saturated rings. The zero-order valence-corrected chi connectivity index (χ0v) is 13.8. The number of hydrogen-bond donors (Lipinski definition) is 1. The molecule has 21 heavy (non-hydrogen) atoms. The van der Waals surface area contributed by atoms with Gasteiger partial charge in [0, 0.05) is 17.9 Å². The molecule has 0 aliphatic carbocycles. The number of benzene rings is 1. The summed E-state index contributed by atoms with van der Waals surface area (Å²) < 4.78 is 7.34. The van der Waals surface area contributed by atoms with Gasteiger partial charge in [-0.05, 0) is 18.4 Å². The zero-order valence-electron chi connectivity index (χ0n) is 12.2. The molecular weight excluding hydrogens is 308 g/mol. The summed E-state index contributed by atoms with van der Waals surface area (Å²) in [6.45, 7) is 2.93. The van der Waals surface area contributed by atoms with Crippen LogP contribution in [-0.2, 0) is 11.3 Å². The van der Waals surface area contributed by atoms with E-state index in [0.29, 0.717) is 5.25 Å². The SMILES string of the molecule is COc1ccc2nc(SCC(=O)O)n(CC(C)SC)c2c1. The summed E-state index contributed by atoms with van der Waals surface area (Å²) in [5.41, 5.74) is 1.83. The minimum Gasteiger partial charge on any atom is -0.497 e. The Kier molecular flexibility index (Phi) is 5.41. The Hall–Kier alpha value is -1.34. The van der Waals surface area contributed by atoms with Gasteiger partial charge in [0.1, 0.15) is 5.75 Å². The fourth-order valence-corrected chi connectivity index (χ4v) is 2.99. The predicted molar refractivity (Wildman–Crippen MR) is 87.6 cm³/mol. The highest BCUT2D eigenvalue weighted by molar-refractivity contribution is 7.99. The van der Waals surface area contributed by atoms with Gasteiger partial charge < -0.3 is 14.4 Å². The van der Waals surface area contributed by atoms with Crippen molar-refractivity contribution in [2.75, 3.05) is 19.1 Å². The smallest absolute Gasteiger partial charge is 0.313 e. The molecule has 2 rings (SSSR count). The first-order chi connectivity index (χ1) is 10.0. The molecule has 7 heteroatoms. The van der Waals surface area contributed by atoms with Gasteiger partial charge in [-0.25, -0.2) is 4.98 Å². The van der Waals surface area contributed by atoms with E-state index in [-0.39, 0.29) is 5.75 Å². The third-order valence-electron chi connectivity index (χ3n) is 3.09. The first kappa shape index (κ1) is 16.0. The molecule has 0 aliphatic rings. The zero-order chi connectivity index (χ0) is 15.4. The number of ether oxygens (including phenoxy) is 1. The lowest BCUT2D eigenvalue weighted by Gasteiger charge is -2.13. The van der Waals surface area contributed by atoms with E-state index >= 15 is 0 Å². The molecule has 1 aromatic carbocycles. The third-order valence-corrected chi connectivity index (χ3v) is 5.00. The van der Waals surface area contributed by atoms with E-state index in [1.165, 1.54) is 11.8 Å². The van der Waals surface area contributed by atoms with Crippen molar-refractivity contribution in [3.05, 3.63) is 18.2 Å². The standard InChI is InChI=1S/C14H18N2O3S2/c1-9(20-3)7-16-12-6-10(19-2)4-5-11(12)15-14(16)21-8-13(17)18/h4-6,9H,7-8H2,1-3H3,(H,17,18). The highest BCUT2D eigenvalue weighted by atomic mass is 32.2. The third kappa shape index (κ3) is 3.85. The van der Waals surface area contributed by atoms with Crippen LogP contribution in [0.15, 0.2) is 23.4 Å². The van der Waals surface area contributed by atoms with Crippen molar-refractivity contribution < 1.29 is 14.6 Å². The molecule has 0 amide bonds.